The molecule has 2 aliphatic rings. The molecule has 0 unspecified atom stereocenters. The second kappa shape index (κ2) is 5.89. The van der Waals surface area contributed by atoms with Crippen molar-refractivity contribution in [2.45, 2.75) is 24.9 Å². The van der Waals surface area contributed by atoms with Gasteiger partial charge in [-0.2, -0.15) is 0 Å². The smallest absolute Gasteiger partial charge is 0.550 e. The molecule has 96 valence electrons. The number of nitrogens with zero attached hydrogens (tertiary/aromatic N) is 2. The van der Waals surface area contributed by atoms with Crippen molar-refractivity contribution in [2.24, 2.45) is 0 Å². The topological polar surface area (TPSA) is 65.5 Å². The summed E-state index contributed by atoms with van der Waals surface area (Å²) in [6, 6.07) is 3.98. The minimum absolute atomic E-state index is 0. The molecule has 0 atom stereocenters. The molecule has 0 spiro atoms. The van der Waals surface area contributed by atoms with Crippen LogP contribution in [0.2, 0.25) is 0 Å². The summed E-state index contributed by atoms with van der Waals surface area (Å²) in [6.45, 7) is 2.55. The van der Waals surface area contributed by atoms with E-state index < -0.39 is 5.97 Å². The maximum Gasteiger partial charge on any atom is 1.00 e. The van der Waals surface area contributed by atoms with E-state index in [1.54, 1.807) is 6.20 Å². The predicted octanol–water partition coefficient (Wildman–Crippen LogP) is -3.65. The van der Waals surface area contributed by atoms with Crippen molar-refractivity contribution >= 4 is 5.97 Å². The molecule has 1 saturated heterocycles. The first-order valence-corrected chi connectivity index (χ1v) is 6.15. The summed E-state index contributed by atoms with van der Waals surface area (Å²) < 4.78 is 5.23. The third kappa shape index (κ3) is 2.85. The first kappa shape index (κ1) is 14.9. The van der Waals surface area contributed by atoms with Crippen molar-refractivity contribution in [1.82, 2.24) is 9.88 Å². The van der Waals surface area contributed by atoms with Crippen molar-refractivity contribution in [2.75, 3.05) is 19.8 Å². The van der Waals surface area contributed by atoms with Crippen LogP contribution in [0.3, 0.4) is 0 Å². The van der Waals surface area contributed by atoms with Crippen LogP contribution in [-0.2, 0) is 22.5 Å². The van der Waals surface area contributed by atoms with Gasteiger partial charge in [0, 0.05) is 43.8 Å². The Balaban J connectivity index is 0.00000133. The molecule has 3 rings (SSSR count). The van der Waals surface area contributed by atoms with Gasteiger partial charge < -0.3 is 14.6 Å². The van der Waals surface area contributed by atoms with Crippen LogP contribution in [0, 0.1) is 0 Å². The average Bonchev–Trinajstić information content (AvgIpc) is 2.33. The Labute approximate surface area is 134 Å². The summed E-state index contributed by atoms with van der Waals surface area (Å²) in [5.74, 6) is -1.00. The summed E-state index contributed by atoms with van der Waals surface area (Å²) in [7, 11) is 0. The van der Waals surface area contributed by atoms with Crippen LogP contribution in [0.4, 0.5) is 0 Å². The molecular weight excluding hydrogens is 255 g/mol. The number of aliphatic carboxylic acids is 1. The van der Waals surface area contributed by atoms with Crippen LogP contribution in [0.25, 0.3) is 0 Å². The largest absolute Gasteiger partial charge is 1.00 e. The van der Waals surface area contributed by atoms with Crippen molar-refractivity contribution < 1.29 is 44.2 Å². The normalized spacial score (nSPS) is 20.8. The number of carboxylic acid groups (broad SMARTS) is 1. The van der Waals surface area contributed by atoms with Gasteiger partial charge in [-0.05, 0) is 11.6 Å². The van der Waals surface area contributed by atoms with Crippen LogP contribution < -0.4 is 34.7 Å². The van der Waals surface area contributed by atoms with Crippen molar-refractivity contribution in [3.05, 3.63) is 29.6 Å². The zero-order chi connectivity index (χ0) is 12.6. The SMILES string of the molecule is O=C([O-])CC1(N2CCc3ncccc3C2)COC1.[Na+]. The van der Waals surface area contributed by atoms with Crippen molar-refractivity contribution in [1.29, 1.82) is 0 Å². The van der Waals surface area contributed by atoms with Gasteiger partial charge in [0.2, 0.25) is 0 Å². The quantitative estimate of drug-likeness (QED) is 0.530. The second-order valence-electron chi connectivity index (χ2n) is 5.05. The molecule has 5 nitrogen and oxygen atoms in total. The van der Waals surface area contributed by atoms with Gasteiger partial charge in [-0.3, -0.25) is 9.88 Å². The fraction of sp³-hybridized carbons (Fsp3) is 0.538. The number of hydrogen-bond acceptors (Lipinski definition) is 5. The molecule has 0 bridgehead atoms. The van der Waals surface area contributed by atoms with E-state index in [0.717, 1.165) is 25.2 Å². The summed E-state index contributed by atoms with van der Waals surface area (Å²) in [5, 5.41) is 10.9. The number of carbonyl (C=O) groups excluding carboxylic acids is 1. The number of pyridine rings is 1. The van der Waals surface area contributed by atoms with E-state index in [2.05, 4.69) is 16.0 Å². The summed E-state index contributed by atoms with van der Waals surface area (Å²) in [5.41, 5.74) is 1.94. The zero-order valence-electron chi connectivity index (χ0n) is 11.1. The summed E-state index contributed by atoms with van der Waals surface area (Å²) >= 11 is 0. The van der Waals surface area contributed by atoms with E-state index in [0.29, 0.717) is 13.2 Å². The first-order valence-electron chi connectivity index (χ1n) is 6.15. The average molecular weight is 270 g/mol. The standard InChI is InChI=1S/C13H16N2O3.Na/c16-12(17)6-13(8-18-9-13)15-5-3-11-10(7-15)2-1-4-14-11;/h1-2,4H,3,5-9H2,(H,16,17);/q;+1/p-1. The van der Waals surface area contributed by atoms with Crippen LogP contribution >= 0.6 is 0 Å². The van der Waals surface area contributed by atoms with Gasteiger partial charge in [0.1, 0.15) is 0 Å². The van der Waals surface area contributed by atoms with Crippen molar-refractivity contribution in [3.63, 3.8) is 0 Å². The summed E-state index contributed by atoms with van der Waals surface area (Å²) in [6.07, 6.45) is 2.71. The second-order valence-corrected chi connectivity index (χ2v) is 5.05. The van der Waals surface area contributed by atoms with Gasteiger partial charge in [-0.15, -0.1) is 0 Å². The molecule has 3 heterocycles. The van der Waals surface area contributed by atoms with Gasteiger partial charge in [-0.25, -0.2) is 0 Å². The molecule has 6 heteroatoms. The fourth-order valence-corrected chi connectivity index (χ4v) is 2.77. The number of fused-ring (bicyclic) bond motifs is 1. The summed E-state index contributed by atoms with van der Waals surface area (Å²) in [4.78, 5) is 17.4. The van der Waals surface area contributed by atoms with Gasteiger partial charge >= 0.3 is 29.6 Å². The molecule has 0 N–H and O–H groups in total. The van der Waals surface area contributed by atoms with E-state index in [1.807, 2.05) is 6.07 Å². The number of carboxylic acids is 1. The predicted molar refractivity (Wildman–Crippen MR) is 61.5 cm³/mol. The first-order chi connectivity index (χ1) is 8.70. The number of ether oxygens (including phenoxy) is 1. The van der Waals surface area contributed by atoms with Crippen molar-refractivity contribution in [3.8, 4) is 0 Å². The van der Waals surface area contributed by atoms with Crippen LogP contribution in [0.15, 0.2) is 18.3 Å². The van der Waals surface area contributed by atoms with E-state index >= 15 is 0 Å². The molecule has 0 saturated carbocycles. The Hall–Kier alpha value is -0.460. The van der Waals surface area contributed by atoms with Crippen LogP contribution in [0.5, 0.6) is 0 Å². The Kier molecular flexibility index (Phi) is 4.63. The number of carbonyl (C=O) groups is 1. The number of rotatable bonds is 3. The number of aromatic nitrogens is 1. The van der Waals surface area contributed by atoms with E-state index in [-0.39, 0.29) is 41.5 Å². The Bertz CT molecular complexity index is 477. The molecular formula is C13H15N2NaO3. The monoisotopic (exact) mass is 270 g/mol. The maximum absolute atomic E-state index is 10.9. The molecule has 1 aromatic heterocycles. The minimum atomic E-state index is -1.00. The third-order valence-electron chi connectivity index (χ3n) is 3.85. The van der Waals surface area contributed by atoms with Gasteiger partial charge in [0.15, 0.2) is 0 Å². The van der Waals surface area contributed by atoms with Crippen LogP contribution in [0.1, 0.15) is 17.7 Å². The molecule has 0 amide bonds. The third-order valence-corrected chi connectivity index (χ3v) is 3.85. The molecule has 1 aromatic rings. The minimum Gasteiger partial charge on any atom is -0.550 e. The molecule has 2 aliphatic heterocycles. The van der Waals surface area contributed by atoms with E-state index in [4.69, 9.17) is 4.74 Å². The molecule has 0 aliphatic carbocycles. The zero-order valence-corrected chi connectivity index (χ0v) is 13.1. The van der Waals surface area contributed by atoms with Gasteiger partial charge in [-0.1, -0.05) is 6.07 Å². The Morgan fingerprint density at radius 2 is 2.32 bits per heavy atom. The maximum atomic E-state index is 10.9. The molecule has 0 aromatic carbocycles. The molecule has 19 heavy (non-hydrogen) atoms. The number of hydrogen-bond donors (Lipinski definition) is 0. The Morgan fingerprint density at radius 1 is 1.53 bits per heavy atom. The van der Waals surface area contributed by atoms with Crippen LogP contribution in [-0.4, -0.2) is 41.2 Å². The Morgan fingerprint density at radius 3 is 2.95 bits per heavy atom. The fourth-order valence-electron chi connectivity index (χ4n) is 2.77. The van der Waals surface area contributed by atoms with E-state index in [1.165, 1.54) is 5.56 Å². The van der Waals surface area contributed by atoms with Gasteiger partial charge in [0.25, 0.3) is 0 Å². The van der Waals surface area contributed by atoms with E-state index in [9.17, 15) is 9.90 Å². The van der Waals surface area contributed by atoms with Gasteiger partial charge in [0.05, 0.1) is 18.8 Å². The molecule has 1 fully saturated rings. The molecule has 0 radical (unpaired) electrons.